The van der Waals surface area contributed by atoms with Crippen molar-refractivity contribution in [3.63, 3.8) is 0 Å². The van der Waals surface area contributed by atoms with Gasteiger partial charge in [0, 0.05) is 18.8 Å². The van der Waals surface area contributed by atoms with Crippen LogP contribution < -0.4 is 11.1 Å². The Morgan fingerprint density at radius 3 is 2.53 bits per heavy atom. The molecule has 5 heteroatoms. The lowest BCUT2D eigenvalue weighted by atomic mass is 9.95. The summed E-state index contributed by atoms with van der Waals surface area (Å²) in [7, 11) is 0. The zero-order valence-electron chi connectivity index (χ0n) is 11.0. The maximum Gasteiger partial charge on any atom is 0.229 e. The van der Waals surface area contributed by atoms with Crippen LogP contribution in [0.3, 0.4) is 0 Å². The summed E-state index contributed by atoms with van der Waals surface area (Å²) >= 11 is 0. The van der Waals surface area contributed by atoms with Crippen LogP contribution in [0.1, 0.15) is 33.7 Å². The normalized spacial score (nSPS) is 13.1. The molecule has 0 aliphatic rings. The molecule has 0 fully saturated rings. The molecule has 0 bridgehead atoms. The summed E-state index contributed by atoms with van der Waals surface area (Å²) in [5, 5.41) is 7.02. The van der Waals surface area contributed by atoms with Crippen molar-refractivity contribution >= 4 is 11.6 Å². The van der Waals surface area contributed by atoms with E-state index in [1.807, 2.05) is 38.6 Å². The van der Waals surface area contributed by atoms with E-state index in [4.69, 9.17) is 5.73 Å². The van der Waals surface area contributed by atoms with Crippen LogP contribution in [0.15, 0.2) is 12.4 Å². The van der Waals surface area contributed by atoms with Crippen molar-refractivity contribution in [3.05, 3.63) is 12.4 Å². The Balaban J connectivity index is 2.67. The summed E-state index contributed by atoms with van der Waals surface area (Å²) in [5.74, 6) is 0.0448. The number of aromatic nitrogens is 2. The highest BCUT2D eigenvalue weighted by Crippen LogP contribution is 2.14. The molecule has 0 aromatic carbocycles. The Morgan fingerprint density at radius 1 is 1.47 bits per heavy atom. The second-order valence-corrected chi connectivity index (χ2v) is 4.88. The number of carbonyl (C=O) groups excluding carboxylic acids is 1. The molecule has 0 saturated carbocycles. The average Bonchev–Trinajstić information content (AvgIpc) is 2.66. The van der Waals surface area contributed by atoms with E-state index in [0.717, 1.165) is 5.69 Å². The van der Waals surface area contributed by atoms with Crippen molar-refractivity contribution in [2.75, 3.05) is 11.9 Å². The minimum atomic E-state index is -0.155. The minimum absolute atomic E-state index is 0.0363. The number of rotatable bonds is 5. The first-order valence-corrected chi connectivity index (χ1v) is 6.00. The van der Waals surface area contributed by atoms with Crippen LogP contribution in [0.2, 0.25) is 0 Å². The van der Waals surface area contributed by atoms with Crippen molar-refractivity contribution in [2.24, 2.45) is 17.6 Å². The van der Waals surface area contributed by atoms with Crippen molar-refractivity contribution in [3.8, 4) is 0 Å². The summed E-state index contributed by atoms with van der Waals surface area (Å²) in [4.78, 5) is 11.9. The first-order chi connectivity index (χ1) is 7.95. The summed E-state index contributed by atoms with van der Waals surface area (Å²) < 4.78 is 1.81. The number of amides is 1. The van der Waals surface area contributed by atoms with E-state index in [1.165, 1.54) is 0 Å². The SMILES string of the molecule is CC(C)C(CN)C(=O)Nc1cnn(C(C)C)c1. The fraction of sp³-hybridized carbons (Fsp3) is 0.667. The second-order valence-electron chi connectivity index (χ2n) is 4.88. The predicted molar refractivity (Wildman–Crippen MR) is 68.6 cm³/mol. The average molecular weight is 238 g/mol. The zero-order valence-corrected chi connectivity index (χ0v) is 11.0. The van der Waals surface area contributed by atoms with Gasteiger partial charge in [-0.05, 0) is 19.8 Å². The summed E-state index contributed by atoms with van der Waals surface area (Å²) in [6.07, 6.45) is 3.49. The van der Waals surface area contributed by atoms with Crippen LogP contribution in [0, 0.1) is 11.8 Å². The Morgan fingerprint density at radius 2 is 2.12 bits per heavy atom. The van der Waals surface area contributed by atoms with E-state index in [2.05, 4.69) is 10.4 Å². The molecule has 0 radical (unpaired) electrons. The number of carbonyl (C=O) groups is 1. The van der Waals surface area contributed by atoms with Gasteiger partial charge in [-0.15, -0.1) is 0 Å². The van der Waals surface area contributed by atoms with Crippen LogP contribution in [0.5, 0.6) is 0 Å². The highest BCUT2D eigenvalue weighted by atomic mass is 16.1. The van der Waals surface area contributed by atoms with Gasteiger partial charge in [0.15, 0.2) is 0 Å². The zero-order chi connectivity index (χ0) is 13.0. The first kappa shape index (κ1) is 13.7. The van der Waals surface area contributed by atoms with Crippen LogP contribution in [-0.4, -0.2) is 22.2 Å². The number of hydrogen-bond donors (Lipinski definition) is 2. The first-order valence-electron chi connectivity index (χ1n) is 6.00. The van der Waals surface area contributed by atoms with Crippen LogP contribution in [0.4, 0.5) is 5.69 Å². The third kappa shape index (κ3) is 3.56. The lowest BCUT2D eigenvalue weighted by Crippen LogP contribution is -2.32. The molecule has 0 aliphatic carbocycles. The molecule has 0 saturated heterocycles. The van der Waals surface area contributed by atoms with E-state index < -0.39 is 0 Å². The van der Waals surface area contributed by atoms with Gasteiger partial charge in [0.2, 0.25) is 5.91 Å². The van der Waals surface area contributed by atoms with Crippen LogP contribution in [0.25, 0.3) is 0 Å². The Hall–Kier alpha value is -1.36. The van der Waals surface area contributed by atoms with Crippen molar-refractivity contribution in [1.82, 2.24) is 9.78 Å². The number of nitrogens with zero attached hydrogens (tertiary/aromatic N) is 2. The fourth-order valence-electron chi connectivity index (χ4n) is 1.60. The van der Waals surface area contributed by atoms with Gasteiger partial charge >= 0.3 is 0 Å². The van der Waals surface area contributed by atoms with E-state index in [-0.39, 0.29) is 23.8 Å². The van der Waals surface area contributed by atoms with E-state index in [9.17, 15) is 4.79 Å². The number of nitrogens with two attached hydrogens (primary N) is 1. The largest absolute Gasteiger partial charge is 0.330 e. The summed E-state index contributed by atoms with van der Waals surface area (Å²) in [6, 6.07) is 0.288. The molecule has 1 rings (SSSR count). The van der Waals surface area contributed by atoms with Gasteiger partial charge in [0.25, 0.3) is 0 Å². The monoisotopic (exact) mass is 238 g/mol. The number of nitrogens with one attached hydrogen (secondary N) is 1. The van der Waals surface area contributed by atoms with Gasteiger partial charge in [-0.2, -0.15) is 5.10 Å². The maximum absolute atomic E-state index is 11.9. The molecular weight excluding hydrogens is 216 g/mol. The molecule has 1 heterocycles. The molecule has 1 aromatic rings. The van der Waals surface area contributed by atoms with Gasteiger partial charge < -0.3 is 11.1 Å². The molecule has 1 unspecified atom stereocenters. The highest BCUT2D eigenvalue weighted by Gasteiger charge is 2.20. The smallest absolute Gasteiger partial charge is 0.229 e. The Labute approximate surface area is 102 Å². The lowest BCUT2D eigenvalue weighted by molar-refractivity contribution is -0.120. The molecule has 0 aliphatic heterocycles. The quantitative estimate of drug-likeness (QED) is 0.819. The van der Waals surface area contributed by atoms with Gasteiger partial charge in [-0.1, -0.05) is 13.8 Å². The molecule has 17 heavy (non-hydrogen) atoms. The van der Waals surface area contributed by atoms with Crippen molar-refractivity contribution < 1.29 is 4.79 Å². The second kappa shape index (κ2) is 5.82. The van der Waals surface area contributed by atoms with E-state index >= 15 is 0 Å². The van der Waals surface area contributed by atoms with Gasteiger partial charge in [0.05, 0.1) is 17.8 Å². The van der Waals surface area contributed by atoms with Crippen molar-refractivity contribution in [1.29, 1.82) is 0 Å². The van der Waals surface area contributed by atoms with Gasteiger partial charge in [-0.25, -0.2) is 0 Å². The number of hydrogen-bond acceptors (Lipinski definition) is 3. The van der Waals surface area contributed by atoms with E-state index in [0.29, 0.717) is 6.54 Å². The van der Waals surface area contributed by atoms with Crippen molar-refractivity contribution in [2.45, 2.75) is 33.7 Å². The van der Waals surface area contributed by atoms with E-state index in [1.54, 1.807) is 6.20 Å². The molecule has 5 nitrogen and oxygen atoms in total. The molecule has 96 valence electrons. The van der Waals surface area contributed by atoms with Crippen LogP contribution in [-0.2, 0) is 4.79 Å². The topological polar surface area (TPSA) is 72.9 Å². The predicted octanol–water partition coefficient (Wildman–Crippen LogP) is 1.63. The van der Waals surface area contributed by atoms with Crippen LogP contribution >= 0.6 is 0 Å². The molecule has 1 amide bonds. The third-order valence-corrected chi connectivity index (χ3v) is 2.79. The summed E-state index contributed by atoms with van der Waals surface area (Å²) in [5.41, 5.74) is 6.32. The summed E-state index contributed by atoms with van der Waals surface area (Å²) in [6.45, 7) is 8.43. The minimum Gasteiger partial charge on any atom is -0.330 e. The molecule has 1 aromatic heterocycles. The Bertz CT molecular complexity index is 370. The molecular formula is C12H22N4O. The number of anilines is 1. The third-order valence-electron chi connectivity index (χ3n) is 2.79. The molecule has 3 N–H and O–H groups in total. The fourth-order valence-corrected chi connectivity index (χ4v) is 1.60. The lowest BCUT2D eigenvalue weighted by Gasteiger charge is -2.17. The standard InChI is InChI=1S/C12H22N4O/c1-8(2)11(5-13)12(17)15-10-6-14-16(7-10)9(3)4/h6-9,11H,5,13H2,1-4H3,(H,15,17). The maximum atomic E-state index is 11.9. The highest BCUT2D eigenvalue weighted by molar-refractivity contribution is 5.92. The van der Waals surface area contributed by atoms with Gasteiger partial charge in [0.1, 0.15) is 0 Å². The molecule has 0 spiro atoms. The Kier molecular flexibility index (Phi) is 4.69. The van der Waals surface area contributed by atoms with Gasteiger partial charge in [-0.3, -0.25) is 9.48 Å². The molecule has 1 atom stereocenters.